The lowest BCUT2D eigenvalue weighted by Gasteiger charge is -2.41. The molecule has 4 heterocycles. The van der Waals surface area contributed by atoms with Gasteiger partial charge >= 0.3 is 0 Å². The van der Waals surface area contributed by atoms with Crippen molar-refractivity contribution in [2.45, 2.75) is 44.5 Å². The first-order valence-electron chi connectivity index (χ1n) is 9.79. The monoisotopic (exact) mass is 375 g/mol. The Kier molecular flexibility index (Phi) is 5.21. The van der Waals surface area contributed by atoms with Gasteiger partial charge in [0, 0.05) is 46.0 Å². The van der Waals surface area contributed by atoms with E-state index in [4.69, 9.17) is 14.6 Å². The number of fused-ring (bicyclic) bond motifs is 1. The Hall–Kier alpha value is -1.90. The van der Waals surface area contributed by atoms with Gasteiger partial charge in [-0.25, -0.2) is 4.68 Å². The summed E-state index contributed by atoms with van der Waals surface area (Å²) in [5.41, 5.74) is 1.66. The van der Waals surface area contributed by atoms with Crippen LogP contribution in [0.25, 0.3) is 11.0 Å². The molecule has 2 saturated heterocycles. The van der Waals surface area contributed by atoms with Crippen LogP contribution in [0.15, 0.2) is 16.9 Å². The molecule has 2 aromatic heterocycles. The number of ether oxygens (including phenoxy) is 2. The van der Waals surface area contributed by atoms with Crippen molar-refractivity contribution in [2.75, 3.05) is 38.3 Å². The third kappa shape index (κ3) is 3.37. The fourth-order valence-electron chi connectivity index (χ4n) is 4.18. The summed E-state index contributed by atoms with van der Waals surface area (Å²) in [6.07, 6.45) is 3.05. The second-order valence-corrected chi connectivity index (χ2v) is 7.62. The van der Waals surface area contributed by atoms with Crippen molar-refractivity contribution >= 4 is 16.9 Å². The molecule has 0 spiro atoms. The number of piperazine rings is 1. The number of hydrogen-bond donors (Lipinski definition) is 1. The molecule has 0 amide bonds. The molecule has 2 fully saturated rings. The number of nitrogens with zero attached hydrogens (tertiary/aromatic N) is 4. The highest BCUT2D eigenvalue weighted by atomic mass is 16.5. The smallest absolute Gasteiger partial charge is 0.250 e. The first-order chi connectivity index (χ1) is 13.1. The molecular formula is C19H29N5O3. The van der Waals surface area contributed by atoms with E-state index in [0.29, 0.717) is 12.6 Å². The highest BCUT2D eigenvalue weighted by Crippen LogP contribution is 2.34. The van der Waals surface area contributed by atoms with Crippen LogP contribution in [-0.4, -0.2) is 59.8 Å². The maximum atomic E-state index is 12.4. The summed E-state index contributed by atoms with van der Waals surface area (Å²) in [5, 5.41) is 8.39. The molecule has 4 rings (SSSR count). The van der Waals surface area contributed by atoms with Crippen LogP contribution in [0.3, 0.4) is 0 Å². The van der Waals surface area contributed by atoms with Crippen molar-refractivity contribution in [3.05, 3.63) is 22.5 Å². The number of hydrogen-bond acceptors (Lipinski definition) is 6. The summed E-state index contributed by atoms with van der Waals surface area (Å²) in [4.78, 5) is 14.7. The molecule has 3 atom stereocenters. The molecule has 0 bridgehead atoms. The lowest BCUT2D eigenvalue weighted by atomic mass is 10.1. The number of aromatic nitrogens is 3. The third-order valence-corrected chi connectivity index (χ3v) is 5.61. The first kappa shape index (κ1) is 18.5. The van der Waals surface area contributed by atoms with Crippen molar-refractivity contribution < 1.29 is 9.47 Å². The van der Waals surface area contributed by atoms with E-state index in [9.17, 15) is 4.79 Å². The van der Waals surface area contributed by atoms with Gasteiger partial charge in [-0.05, 0) is 32.3 Å². The second kappa shape index (κ2) is 7.61. The number of rotatable bonds is 4. The van der Waals surface area contributed by atoms with Gasteiger partial charge in [0.05, 0.1) is 12.6 Å². The lowest BCUT2D eigenvalue weighted by molar-refractivity contribution is -0.0384. The second-order valence-electron chi connectivity index (χ2n) is 7.62. The van der Waals surface area contributed by atoms with Crippen molar-refractivity contribution in [3.63, 3.8) is 0 Å². The molecule has 0 aromatic carbocycles. The molecular weight excluding hydrogens is 346 g/mol. The predicted molar refractivity (Wildman–Crippen MR) is 104 cm³/mol. The zero-order chi connectivity index (χ0) is 19.0. The lowest BCUT2D eigenvalue weighted by Crippen LogP contribution is -2.58. The number of pyridine rings is 1. The summed E-state index contributed by atoms with van der Waals surface area (Å²) in [6.45, 7) is 5.19. The quantitative estimate of drug-likeness (QED) is 0.867. The SMILES string of the molecule is COC[C@H]1CN[C@H](C)CN1c1c2c(ccc(=O)n2C)nn1C1CCCCO1. The molecule has 1 unspecified atom stereocenters. The minimum Gasteiger partial charge on any atom is -0.383 e. The number of anilines is 1. The minimum atomic E-state index is -0.0929. The van der Waals surface area contributed by atoms with Gasteiger partial charge in [-0.1, -0.05) is 0 Å². The van der Waals surface area contributed by atoms with E-state index in [2.05, 4.69) is 17.1 Å². The van der Waals surface area contributed by atoms with Gasteiger partial charge in [0.15, 0.2) is 12.0 Å². The van der Waals surface area contributed by atoms with Crippen LogP contribution in [0, 0.1) is 0 Å². The molecule has 2 aliphatic rings. The molecule has 0 saturated carbocycles. The Morgan fingerprint density at radius 3 is 2.96 bits per heavy atom. The summed E-state index contributed by atoms with van der Waals surface area (Å²) in [7, 11) is 3.55. The van der Waals surface area contributed by atoms with Crippen molar-refractivity contribution in [2.24, 2.45) is 7.05 Å². The van der Waals surface area contributed by atoms with Crippen LogP contribution in [0.5, 0.6) is 0 Å². The molecule has 8 nitrogen and oxygen atoms in total. The van der Waals surface area contributed by atoms with Gasteiger partial charge in [-0.3, -0.25) is 4.79 Å². The van der Waals surface area contributed by atoms with Gasteiger partial charge in [0.1, 0.15) is 11.0 Å². The zero-order valence-electron chi connectivity index (χ0n) is 16.4. The van der Waals surface area contributed by atoms with Crippen molar-refractivity contribution in [1.29, 1.82) is 0 Å². The molecule has 2 aliphatic heterocycles. The van der Waals surface area contributed by atoms with Gasteiger partial charge < -0.3 is 24.3 Å². The summed E-state index contributed by atoms with van der Waals surface area (Å²) in [6, 6.07) is 3.91. The molecule has 0 radical (unpaired) electrons. The third-order valence-electron chi connectivity index (χ3n) is 5.61. The summed E-state index contributed by atoms with van der Waals surface area (Å²) < 4.78 is 15.2. The molecule has 2 aromatic rings. The Bertz CT molecular complexity index is 855. The van der Waals surface area contributed by atoms with E-state index in [1.807, 2.05) is 17.8 Å². The Balaban J connectivity index is 1.89. The summed E-state index contributed by atoms with van der Waals surface area (Å²) >= 11 is 0. The minimum absolute atomic E-state index is 0.0284. The first-order valence-corrected chi connectivity index (χ1v) is 9.79. The predicted octanol–water partition coefficient (Wildman–Crippen LogP) is 1.25. The van der Waals surface area contributed by atoms with E-state index in [1.165, 1.54) is 0 Å². The molecule has 148 valence electrons. The average Bonchev–Trinajstić information content (AvgIpc) is 3.07. The molecule has 8 heteroatoms. The van der Waals surface area contributed by atoms with E-state index in [0.717, 1.165) is 55.8 Å². The van der Waals surface area contributed by atoms with Gasteiger partial charge in [-0.2, -0.15) is 5.10 Å². The van der Waals surface area contributed by atoms with E-state index < -0.39 is 0 Å². The number of nitrogens with one attached hydrogen (secondary N) is 1. The van der Waals surface area contributed by atoms with Gasteiger partial charge in [-0.15, -0.1) is 0 Å². The molecule has 0 aliphatic carbocycles. The van der Waals surface area contributed by atoms with Crippen LogP contribution >= 0.6 is 0 Å². The van der Waals surface area contributed by atoms with Crippen LogP contribution in [0.2, 0.25) is 0 Å². The van der Waals surface area contributed by atoms with Crippen molar-refractivity contribution in [1.82, 2.24) is 19.7 Å². The number of methoxy groups -OCH3 is 1. The van der Waals surface area contributed by atoms with Crippen molar-refractivity contribution in [3.8, 4) is 0 Å². The zero-order valence-corrected chi connectivity index (χ0v) is 16.4. The number of aryl methyl sites for hydroxylation is 1. The summed E-state index contributed by atoms with van der Waals surface area (Å²) in [5.74, 6) is 0.965. The Morgan fingerprint density at radius 1 is 1.37 bits per heavy atom. The van der Waals surface area contributed by atoms with Crippen LogP contribution in [0.4, 0.5) is 5.82 Å². The fourth-order valence-corrected chi connectivity index (χ4v) is 4.18. The topological polar surface area (TPSA) is 73.5 Å². The molecule has 1 N–H and O–H groups in total. The van der Waals surface area contributed by atoms with Crippen LogP contribution < -0.4 is 15.8 Å². The maximum Gasteiger partial charge on any atom is 0.250 e. The van der Waals surface area contributed by atoms with Crippen LogP contribution in [-0.2, 0) is 16.5 Å². The highest BCUT2D eigenvalue weighted by Gasteiger charge is 2.33. The fraction of sp³-hybridized carbons (Fsp3) is 0.684. The average molecular weight is 375 g/mol. The Morgan fingerprint density at radius 2 is 2.22 bits per heavy atom. The van der Waals surface area contributed by atoms with E-state index >= 15 is 0 Å². The molecule has 27 heavy (non-hydrogen) atoms. The normalized spacial score (nSPS) is 26.6. The Labute approximate surface area is 159 Å². The van der Waals surface area contributed by atoms with E-state index in [1.54, 1.807) is 17.7 Å². The largest absolute Gasteiger partial charge is 0.383 e. The van der Waals surface area contributed by atoms with E-state index in [-0.39, 0.29) is 17.8 Å². The van der Waals surface area contributed by atoms with Gasteiger partial charge in [0.25, 0.3) is 5.56 Å². The standard InChI is InChI=1S/C19H29N5O3/c1-13-11-23(14(10-20-13)12-26-3)19-18-15(7-8-16(25)22(18)2)21-24(19)17-6-4-5-9-27-17/h7-8,13-14,17,20H,4-6,9-12H2,1-3H3/t13-,14-,17?/m1/s1. The highest BCUT2D eigenvalue weighted by molar-refractivity contribution is 5.87. The maximum absolute atomic E-state index is 12.4. The van der Waals surface area contributed by atoms with Gasteiger partial charge in [0.2, 0.25) is 0 Å². The van der Waals surface area contributed by atoms with Crippen LogP contribution in [0.1, 0.15) is 32.4 Å².